The van der Waals surface area contributed by atoms with Crippen LogP contribution in [-0.4, -0.2) is 34.4 Å². The van der Waals surface area contributed by atoms with Crippen molar-refractivity contribution in [2.24, 2.45) is 5.92 Å². The second-order valence-electron chi connectivity index (χ2n) is 5.17. The first-order chi connectivity index (χ1) is 9.33. The summed E-state index contributed by atoms with van der Waals surface area (Å²) in [6, 6.07) is 5.98. The van der Waals surface area contributed by atoms with Crippen molar-refractivity contribution in [2.75, 3.05) is 25.1 Å². The molecule has 0 aromatic carbocycles. The van der Waals surface area contributed by atoms with Gasteiger partial charge >= 0.3 is 0 Å². The molecule has 0 spiro atoms. The zero-order valence-electron chi connectivity index (χ0n) is 11.3. The summed E-state index contributed by atoms with van der Waals surface area (Å²) < 4.78 is 7.44. The average Bonchev–Trinajstić information content (AvgIpc) is 3.12. The largest absolute Gasteiger partial charge is 0.381 e. The van der Waals surface area contributed by atoms with Gasteiger partial charge in [0.2, 0.25) is 5.95 Å². The Morgan fingerprint density at radius 3 is 3.11 bits per heavy atom. The van der Waals surface area contributed by atoms with Crippen molar-refractivity contribution in [1.29, 1.82) is 0 Å². The SMILES string of the molecule is Cc1cccc2nc(NCCCOCC3CC3)nn12. The van der Waals surface area contributed by atoms with Crippen LogP contribution in [0.25, 0.3) is 5.65 Å². The molecule has 2 heterocycles. The molecule has 0 bridgehead atoms. The maximum absolute atomic E-state index is 5.59. The Bertz CT molecular complexity index is 547. The summed E-state index contributed by atoms with van der Waals surface area (Å²) in [4.78, 5) is 4.43. The Morgan fingerprint density at radius 1 is 1.42 bits per heavy atom. The number of aromatic nitrogens is 3. The van der Waals surface area contributed by atoms with Crippen molar-refractivity contribution in [2.45, 2.75) is 26.2 Å². The van der Waals surface area contributed by atoms with Crippen LogP contribution in [-0.2, 0) is 4.74 Å². The Hall–Kier alpha value is -1.62. The molecule has 0 radical (unpaired) electrons. The third kappa shape index (κ3) is 3.23. The first kappa shape index (κ1) is 12.4. The van der Waals surface area contributed by atoms with Crippen LogP contribution in [0.4, 0.5) is 5.95 Å². The van der Waals surface area contributed by atoms with Crippen molar-refractivity contribution >= 4 is 11.6 Å². The minimum absolute atomic E-state index is 0.691. The molecule has 19 heavy (non-hydrogen) atoms. The van der Waals surface area contributed by atoms with Gasteiger partial charge in [-0.3, -0.25) is 0 Å². The number of rotatable bonds is 7. The lowest BCUT2D eigenvalue weighted by molar-refractivity contribution is 0.124. The number of hydrogen-bond donors (Lipinski definition) is 1. The third-order valence-corrected chi connectivity index (χ3v) is 3.35. The highest BCUT2D eigenvalue weighted by atomic mass is 16.5. The predicted octanol–water partition coefficient (Wildman–Crippen LogP) is 2.27. The number of nitrogens with zero attached hydrogens (tertiary/aromatic N) is 3. The molecule has 0 atom stereocenters. The third-order valence-electron chi connectivity index (χ3n) is 3.35. The summed E-state index contributed by atoms with van der Waals surface area (Å²) in [6.07, 6.45) is 3.69. The van der Waals surface area contributed by atoms with E-state index in [2.05, 4.69) is 15.4 Å². The molecular formula is C14H20N4O. The summed E-state index contributed by atoms with van der Waals surface area (Å²) >= 11 is 0. The molecule has 5 nitrogen and oxygen atoms in total. The van der Waals surface area contributed by atoms with Gasteiger partial charge in [0.1, 0.15) is 0 Å². The second kappa shape index (κ2) is 5.57. The van der Waals surface area contributed by atoms with E-state index in [1.807, 2.05) is 29.6 Å². The lowest BCUT2D eigenvalue weighted by atomic mass is 10.4. The average molecular weight is 260 g/mol. The lowest BCUT2D eigenvalue weighted by Gasteiger charge is -2.03. The van der Waals surface area contributed by atoms with Crippen molar-refractivity contribution < 1.29 is 4.74 Å². The van der Waals surface area contributed by atoms with Crippen LogP contribution in [0.1, 0.15) is 25.0 Å². The Labute approximate surface area is 113 Å². The molecule has 5 heteroatoms. The first-order valence-electron chi connectivity index (χ1n) is 6.97. The number of fused-ring (bicyclic) bond motifs is 1. The van der Waals surface area contributed by atoms with Gasteiger partial charge in [-0.25, -0.2) is 4.52 Å². The van der Waals surface area contributed by atoms with Gasteiger partial charge in [0.25, 0.3) is 0 Å². The predicted molar refractivity (Wildman–Crippen MR) is 74.4 cm³/mol. The molecule has 3 rings (SSSR count). The summed E-state index contributed by atoms with van der Waals surface area (Å²) in [5.74, 6) is 1.53. The summed E-state index contributed by atoms with van der Waals surface area (Å²) in [5.41, 5.74) is 1.97. The number of pyridine rings is 1. The van der Waals surface area contributed by atoms with Gasteiger partial charge < -0.3 is 10.1 Å². The van der Waals surface area contributed by atoms with Crippen LogP contribution < -0.4 is 5.32 Å². The number of aryl methyl sites for hydroxylation is 1. The molecule has 102 valence electrons. The van der Waals surface area contributed by atoms with E-state index >= 15 is 0 Å². The Kier molecular flexibility index (Phi) is 3.64. The number of anilines is 1. The Morgan fingerprint density at radius 2 is 2.32 bits per heavy atom. The molecule has 0 saturated heterocycles. The molecule has 2 aromatic heterocycles. The zero-order chi connectivity index (χ0) is 13.1. The van der Waals surface area contributed by atoms with Gasteiger partial charge in [-0.15, -0.1) is 5.10 Å². The van der Waals surface area contributed by atoms with Crippen LogP contribution in [0.15, 0.2) is 18.2 Å². The number of ether oxygens (including phenoxy) is 1. The molecule has 1 fully saturated rings. The summed E-state index contributed by atoms with van der Waals surface area (Å²) in [5, 5.41) is 7.66. The topological polar surface area (TPSA) is 51.5 Å². The Balaban J connectivity index is 1.44. The van der Waals surface area contributed by atoms with Crippen LogP contribution in [0.2, 0.25) is 0 Å². The van der Waals surface area contributed by atoms with Crippen LogP contribution in [0.5, 0.6) is 0 Å². The van der Waals surface area contributed by atoms with Gasteiger partial charge in [0.15, 0.2) is 5.65 Å². The van der Waals surface area contributed by atoms with Gasteiger partial charge in [0.05, 0.1) is 0 Å². The van der Waals surface area contributed by atoms with Crippen LogP contribution in [0, 0.1) is 12.8 Å². The summed E-state index contributed by atoms with van der Waals surface area (Å²) in [6.45, 7) is 4.62. The minimum atomic E-state index is 0.691. The van der Waals surface area contributed by atoms with E-state index < -0.39 is 0 Å². The molecule has 1 aliphatic rings. The maximum Gasteiger partial charge on any atom is 0.243 e. The van der Waals surface area contributed by atoms with E-state index in [4.69, 9.17) is 4.74 Å². The smallest absolute Gasteiger partial charge is 0.243 e. The lowest BCUT2D eigenvalue weighted by Crippen LogP contribution is -2.08. The molecule has 0 amide bonds. The number of nitrogens with one attached hydrogen (secondary N) is 1. The fourth-order valence-corrected chi connectivity index (χ4v) is 2.02. The van der Waals surface area contributed by atoms with Gasteiger partial charge in [0, 0.05) is 25.5 Å². The van der Waals surface area contributed by atoms with E-state index in [1.54, 1.807) is 0 Å². The highest BCUT2D eigenvalue weighted by molar-refractivity contribution is 5.44. The maximum atomic E-state index is 5.59. The molecule has 0 aliphatic heterocycles. The van der Waals surface area contributed by atoms with E-state index in [0.29, 0.717) is 5.95 Å². The van der Waals surface area contributed by atoms with Crippen LogP contribution >= 0.6 is 0 Å². The normalized spacial score (nSPS) is 15.0. The van der Waals surface area contributed by atoms with Crippen LogP contribution in [0.3, 0.4) is 0 Å². The fourth-order valence-electron chi connectivity index (χ4n) is 2.02. The number of hydrogen-bond acceptors (Lipinski definition) is 4. The van der Waals surface area contributed by atoms with Gasteiger partial charge in [-0.05, 0) is 44.2 Å². The molecular weight excluding hydrogens is 240 g/mol. The van der Waals surface area contributed by atoms with Crippen molar-refractivity contribution in [3.8, 4) is 0 Å². The van der Waals surface area contributed by atoms with E-state index in [1.165, 1.54) is 12.8 Å². The van der Waals surface area contributed by atoms with Gasteiger partial charge in [-0.2, -0.15) is 4.98 Å². The monoisotopic (exact) mass is 260 g/mol. The molecule has 1 N–H and O–H groups in total. The molecule has 1 aliphatic carbocycles. The van der Waals surface area contributed by atoms with E-state index in [9.17, 15) is 0 Å². The quantitative estimate of drug-likeness (QED) is 0.776. The van der Waals surface area contributed by atoms with Crippen molar-refractivity contribution in [3.63, 3.8) is 0 Å². The minimum Gasteiger partial charge on any atom is -0.381 e. The zero-order valence-corrected chi connectivity index (χ0v) is 11.3. The highest BCUT2D eigenvalue weighted by Crippen LogP contribution is 2.28. The van der Waals surface area contributed by atoms with Crippen molar-refractivity contribution in [1.82, 2.24) is 14.6 Å². The van der Waals surface area contributed by atoms with Crippen molar-refractivity contribution in [3.05, 3.63) is 23.9 Å². The van der Waals surface area contributed by atoms with E-state index in [0.717, 1.165) is 43.4 Å². The highest BCUT2D eigenvalue weighted by Gasteiger charge is 2.20. The standard InChI is InChI=1S/C14H20N4O/c1-11-4-2-5-13-16-14(17-18(11)13)15-8-3-9-19-10-12-6-7-12/h2,4-5,12H,3,6-10H2,1H3,(H,15,17). The fraction of sp³-hybridized carbons (Fsp3) is 0.571. The van der Waals surface area contributed by atoms with Gasteiger partial charge in [-0.1, -0.05) is 6.07 Å². The summed E-state index contributed by atoms with van der Waals surface area (Å²) in [7, 11) is 0. The molecule has 1 saturated carbocycles. The van der Waals surface area contributed by atoms with E-state index in [-0.39, 0.29) is 0 Å². The molecule has 0 unspecified atom stereocenters. The molecule has 2 aromatic rings. The first-order valence-corrected chi connectivity index (χ1v) is 6.97. The second-order valence-corrected chi connectivity index (χ2v) is 5.17.